The van der Waals surface area contributed by atoms with Crippen LogP contribution in [-0.4, -0.2) is 30.1 Å². The number of amides is 1. The Morgan fingerprint density at radius 1 is 1.04 bits per heavy atom. The smallest absolute Gasteiger partial charge is 0.350 e. The van der Waals surface area contributed by atoms with E-state index >= 15 is 0 Å². The fraction of sp³-hybridized carbons (Fsp3) is 0.150. The Morgan fingerprint density at radius 2 is 1.70 bits per heavy atom. The molecule has 1 aromatic heterocycles. The van der Waals surface area contributed by atoms with Crippen LogP contribution in [0.4, 0.5) is 5.13 Å². The predicted molar refractivity (Wildman–Crippen MR) is 104 cm³/mol. The molecule has 1 heterocycles. The molecule has 3 rings (SSSR count). The highest BCUT2D eigenvalue weighted by atomic mass is 32.1. The molecule has 7 heteroatoms. The van der Waals surface area contributed by atoms with Crippen LogP contribution in [-0.2, 0) is 9.53 Å². The maximum Gasteiger partial charge on any atom is 0.350 e. The van der Waals surface area contributed by atoms with Gasteiger partial charge in [0.2, 0.25) is 0 Å². The number of hydrogen-bond donors (Lipinski definition) is 1. The van der Waals surface area contributed by atoms with Crippen molar-refractivity contribution in [3.8, 4) is 17.0 Å². The molecule has 0 aliphatic carbocycles. The third-order valence-electron chi connectivity index (χ3n) is 3.49. The van der Waals surface area contributed by atoms with E-state index in [9.17, 15) is 9.59 Å². The number of nitrogens with one attached hydrogen (secondary N) is 1. The molecule has 1 N–H and O–H groups in total. The summed E-state index contributed by atoms with van der Waals surface area (Å²) < 4.78 is 10.5. The lowest BCUT2D eigenvalue weighted by Crippen LogP contribution is -2.20. The fourth-order valence-electron chi connectivity index (χ4n) is 2.32. The molecule has 3 aromatic rings. The average Bonchev–Trinajstić information content (AvgIpc) is 3.12. The molecule has 0 saturated heterocycles. The van der Waals surface area contributed by atoms with E-state index in [-0.39, 0.29) is 19.1 Å². The molecule has 0 spiro atoms. The van der Waals surface area contributed by atoms with Crippen LogP contribution in [0.25, 0.3) is 11.3 Å². The maximum absolute atomic E-state index is 12.3. The lowest BCUT2D eigenvalue weighted by atomic mass is 10.1. The van der Waals surface area contributed by atoms with Gasteiger partial charge in [-0.2, -0.15) is 0 Å². The normalized spacial score (nSPS) is 10.3. The number of aromatic nitrogens is 1. The zero-order chi connectivity index (χ0) is 19.1. The van der Waals surface area contributed by atoms with Gasteiger partial charge in [0, 0.05) is 5.56 Å². The molecule has 0 saturated carbocycles. The van der Waals surface area contributed by atoms with Crippen LogP contribution in [0, 0.1) is 0 Å². The Bertz CT molecular complexity index is 910. The summed E-state index contributed by atoms with van der Waals surface area (Å²) in [5.74, 6) is -0.221. The summed E-state index contributed by atoms with van der Waals surface area (Å²) in [6, 6.07) is 18.3. The van der Waals surface area contributed by atoms with Gasteiger partial charge in [0.05, 0.1) is 12.3 Å². The number of thiazole rings is 1. The van der Waals surface area contributed by atoms with Gasteiger partial charge in [0.15, 0.2) is 11.7 Å². The largest absolute Gasteiger partial charge is 0.484 e. The quantitative estimate of drug-likeness (QED) is 0.625. The molecule has 0 atom stereocenters. The van der Waals surface area contributed by atoms with Crippen molar-refractivity contribution < 1.29 is 19.1 Å². The number of nitrogens with zero attached hydrogens (tertiary/aromatic N) is 1. The first-order valence-electron chi connectivity index (χ1n) is 8.38. The van der Waals surface area contributed by atoms with Crippen molar-refractivity contribution in [1.82, 2.24) is 4.98 Å². The molecule has 1 amide bonds. The Labute approximate surface area is 160 Å². The van der Waals surface area contributed by atoms with Crippen LogP contribution in [0.5, 0.6) is 5.75 Å². The van der Waals surface area contributed by atoms with Crippen LogP contribution in [0.1, 0.15) is 16.6 Å². The Kier molecular flexibility index (Phi) is 6.17. The molecular formula is C20H18N2O4S. The lowest BCUT2D eigenvalue weighted by Gasteiger charge is -2.05. The third kappa shape index (κ3) is 4.92. The van der Waals surface area contributed by atoms with E-state index in [2.05, 4.69) is 10.3 Å². The number of carbonyl (C=O) groups excluding carboxylic acids is 2. The first-order valence-corrected chi connectivity index (χ1v) is 9.20. The summed E-state index contributed by atoms with van der Waals surface area (Å²) in [6.07, 6.45) is 0. The van der Waals surface area contributed by atoms with Gasteiger partial charge in [0.1, 0.15) is 10.6 Å². The minimum Gasteiger partial charge on any atom is -0.484 e. The number of benzene rings is 2. The van der Waals surface area contributed by atoms with Gasteiger partial charge in [-0.05, 0) is 19.1 Å². The Balaban J connectivity index is 1.75. The van der Waals surface area contributed by atoms with Gasteiger partial charge in [-0.3, -0.25) is 10.1 Å². The first-order chi connectivity index (χ1) is 13.2. The number of ether oxygens (including phenoxy) is 2. The highest BCUT2D eigenvalue weighted by molar-refractivity contribution is 7.18. The molecule has 138 valence electrons. The van der Waals surface area contributed by atoms with Crippen molar-refractivity contribution in [3.05, 3.63) is 65.5 Å². The van der Waals surface area contributed by atoms with Gasteiger partial charge in [-0.15, -0.1) is 0 Å². The van der Waals surface area contributed by atoms with Crippen molar-refractivity contribution in [2.45, 2.75) is 6.92 Å². The molecule has 0 bridgehead atoms. The highest BCUT2D eigenvalue weighted by Crippen LogP contribution is 2.31. The third-order valence-corrected chi connectivity index (χ3v) is 4.45. The van der Waals surface area contributed by atoms with E-state index in [0.29, 0.717) is 21.5 Å². The average molecular weight is 382 g/mol. The standard InChI is InChI=1S/C20H18N2O4S/c1-2-25-19(24)18-17(14-9-5-3-6-10-14)22-20(27-18)21-16(23)13-26-15-11-7-4-8-12-15/h3-12H,2,13H2,1H3,(H,21,22,23). The topological polar surface area (TPSA) is 77.5 Å². The molecule has 0 aliphatic rings. The number of rotatable bonds is 7. The van der Waals surface area contributed by atoms with Crippen LogP contribution >= 0.6 is 11.3 Å². The van der Waals surface area contributed by atoms with Crippen LogP contribution < -0.4 is 10.1 Å². The van der Waals surface area contributed by atoms with E-state index in [0.717, 1.165) is 16.9 Å². The summed E-state index contributed by atoms with van der Waals surface area (Å²) in [5.41, 5.74) is 1.26. The van der Waals surface area contributed by atoms with Crippen molar-refractivity contribution in [3.63, 3.8) is 0 Å². The van der Waals surface area contributed by atoms with E-state index in [1.54, 1.807) is 19.1 Å². The van der Waals surface area contributed by atoms with Gasteiger partial charge in [-0.1, -0.05) is 59.9 Å². The fourth-order valence-corrected chi connectivity index (χ4v) is 3.22. The Hall–Kier alpha value is -3.19. The summed E-state index contributed by atoms with van der Waals surface area (Å²) in [4.78, 5) is 29.2. The van der Waals surface area contributed by atoms with E-state index in [1.807, 2.05) is 48.5 Å². The molecular weight excluding hydrogens is 364 g/mol. The minimum atomic E-state index is -0.463. The van der Waals surface area contributed by atoms with Crippen molar-refractivity contribution in [2.75, 3.05) is 18.5 Å². The van der Waals surface area contributed by atoms with Crippen molar-refractivity contribution in [1.29, 1.82) is 0 Å². The SMILES string of the molecule is CCOC(=O)c1sc(NC(=O)COc2ccccc2)nc1-c1ccccc1. The summed E-state index contributed by atoms with van der Waals surface area (Å²) >= 11 is 1.08. The van der Waals surface area contributed by atoms with E-state index < -0.39 is 5.97 Å². The molecule has 6 nitrogen and oxygen atoms in total. The van der Waals surface area contributed by atoms with Gasteiger partial charge in [-0.25, -0.2) is 9.78 Å². The minimum absolute atomic E-state index is 0.154. The second kappa shape index (κ2) is 8.95. The second-order valence-electron chi connectivity index (χ2n) is 5.43. The lowest BCUT2D eigenvalue weighted by molar-refractivity contribution is -0.118. The molecule has 0 aliphatic heterocycles. The predicted octanol–water partition coefficient (Wildman–Crippen LogP) is 4.00. The molecule has 0 unspecified atom stereocenters. The highest BCUT2D eigenvalue weighted by Gasteiger charge is 2.21. The number of anilines is 1. The summed E-state index contributed by atoms with van der Waals surface area (Å²) in [5, 5.41) is 2.99. The first kappa shape index (κ1) is 18.6. The van der Waals surface area contributed by atoms with E-state index in [4.69, 9.17) is 9.47 Å². The number of para-hydroxylation sites is 1. The molecule has 0 radical (unpaired) electrons. The van der Waals surface area contributed by atoms with Gasteiger partial charge < -0.3 is 9.47 Å². The molecule has 27 heavy (non-hydrogen) atoms. The van der Waals surface area contributed by atoms with E-state index in [1.165, 1.54) is 0 Å². The Morgan fingerprint density at radius 3 is 2.37 bits per heavy atom. The number of carbonyl (C=O) groups is 2. The maximum atomic E-state index is 12.3. The van der Waals surface area contributed by atoms with Crippen molar-refractivity contribution >= 4 is 28.3 Å². The number of esters is 1. The zero-order valence-corrected chi connectivity index (χ0v) is 15.5. The van der Waals surface area contributed by atoms with Gasteiger partial charge in [0.25, 0.3) is 5.91 Å². The van der Waals surface area contributed by atoms with Crippen molar-refractivity contribution in [2.24, 2.45) is 0 Å². The van der Waals surface area contributed by atoms with Crippen LogP contribution in [0.15, 0.2) is 60.7 Å². The monoisotopic (exact) mass is 382 g/mol. The summed E-state index contributed by atoms with van der Waals surface area (Å²) in [6.45, 7) is 1.85. The second-order valence-corrected chi connectivity index (χ2v) is 6.43. The zero-order valence-electron chi connectivity index (χ0n) is 14.7. The van der Waals surface area contributed by atoms with Crippen LogP contribution in [0.2, 0.25) is 0 Å². The summed E-state index contributed by atoms with van der Waals surface area (Å²) in [7, 11) is 0. The molecule has 0 fully saturated rings. The molecule has 2 aromatic carbocycles. The number of hydrogen-bond acceptors (Lipinski definition) is 6. The van der Waals surface area contributed by atoms with Gasteiger partial charge >= 0.3 is 5.97 Å². The van der Waals surface area contributed by atoms with Crippen LogP contribution in [0.3, 0.4) is 0 Å².